The van der Waals surface area contributed by atoms with Gasteiger partial charge >= 0.3 is 23.9 Å². The van der Waals surface area contributed by atoms with E-state index in [0.717, 1.165) is 0 Å². The van der Waals surface area contributed by atoms with Gasteiger partial charge in [-0.2, -0.15) is 0 Å². The lowest BCUT2D eigenvalue weighted by atomic mass is 9.48. The van der Waals surface area contributed by atoms with E-state index in [4.69, 9.17) is 23.7 Å². The van der Waals surface area contributed by atoms with E-state index in [-0.39, 0.29) is 11.5 Å². The molecule has 1 spiro atoms. The number of benzene rings is 1. The molecule has 3 fully saturated rings. The van der Waals surface area contributed by atoms with Gasteiger partial charge in [-0.15, -0.1) is 0 Å². The first kappa shape index (κ1) is 29.7. The van der Waals surface area contributed by atoms with Gasteiger partial charge in [0.2, 0.25) is 0 Å². The lowest BCUT2D eigenvalue weighted by Crippen LogP contribution is -2.76. The fourth-order valence-electron chi connectivity index (χ4n) is 7.67. The molecular formula is C32H37NO9. The van der Waals surface area contributed by atoms with Gasteiger partial charge in [0.15, 0.2) is 6.10 Å². The van der Waals surface area contributed by atoms with Crippen LogP contribution < -0.4 is 0 Å². The van der Waals surface area contributed by atoms with Crippen molar-refractivity contribution in [1.82, 2.24) is 4.98 Å². The molecule has 2 aliphatic carbocycles. The van der Waals surface area contributed by atoms with E-state index >= 15 is 0 Å². The lowest BCUT2D eigenvalue weighted by molar-refractivity contribution is -0.296. The first-order valence-corrected chi connectivity index (χ1v) is 14.2. The van der Waals surface area contributed by atoms with Crippen LogP contribution in [0.15, 0.2) is 54.9 Å². The van der Waals surface area contributed by atoms with Crippen molar-refractivity contribution >= 4 is 23.9 Å². The number of nitrogens with zero attached hydrogens (tertiary/aromatic N) is 1. The zero-order valence-corrected chi connectivity index (χ0v) is 24.7. The van der Waals surface area contributed by atoms with Crippen molar-refractivity contribution in [3.63, 3.8) is 0 Å². The predicted molar refractivity (Wildman–Crippen MR) is 148 cm³/mol. The minimum atomic E-state index is -1.30. The van der Waals surface area contributed by atoms with E-state index in [9.17, 15) is 19.2 Å². The Morgan fingerprint density at radius 1 is 0.810 bits per heavy atom. The van der Waals surface area contributed by atoms with Crippen LogP contribution in [0.4, 0.5) is 0 Å². The molecule has 1 aromatic carbocycles. The monoisotopic (exact) mass is 579 g/mol. The third-order valence-corrected chi connectivity index (χ3v) is 9.32. The van der Waals surface area contributed by atoms with Crippen molar-refractivity contribution in [2.45, 2.75) is 90.0 Å². The minimum Gasteiger partial charge on any atom is -0.462 e. The average molecular weight is 580 g/mol. The molecule has 8 unspecified atom stereocenters. The fraction of sp³-hybridized carbons (Fsp3) is 0.531. The highest BCUT2D eigenvalue weighted by atomic mass is 16.6. The molecule has 42 heavy (non-hydrogen) atoms. The first-order chi connectivity index (χ1) is 19.8. The average Bonchev–Trinajstić information content (AvgIpc) is 3.15. The summed E-state index contributed by atoms with van der Waals surface area (Å²) >= 11 is 0. The Labute approximate surface area is 245 Å². The van der Waals surface area contributed by atoms with Crippen molar-refractivity contribution in [1.29, 1.82) is 0 Å². The summed E-state index contributed by atoms with van der Waals surface area (Å²) in [7, 11) is 0. The Morgan fingerprint density at radius 3 is 2.05 bits per heavy atom. The number of ether oxygens (including phenoxy) is 5. The number of hydrogen-bond acceptors (Lipinski definition) is 10. The van der Waals surface area contributed by atoms with Crippen LogP contribution in [0.3, 0.4) is 0 Å². The third-order valence-electron chi connectivity index (χ3n) is 9.32. The molecule has 0 N–H and O–H groups in total. The van der Waals surface area contributed by atoms with Crippen LogP contribution in [0.5, 0.6) is 0 Å². The molecule has 3 aliphatic rings. The van der Waals surface area contributed by atoms with Gasteiger partial charge in [-0.1, -0.05) is 25.1 Å². The molecule has 2 saturated carbocycles. The van der Waals surface area contributed by atoms with E-state index in [1.807, 2.05) is 27.7 Å². The predicted octanol–water partition coefficient (Wildman–Crippen LogP) is 4.31. The van der Waals surface area contributed by atoms with E-state index in [0.29, 0.717) is 18.4 Å². The van der Waals surface area contributed by atoms with Crippen molar-refractivity contribution in [2.75, 3.05) is 0 Å². The quantitative estimate of drug-likeness (QED) is 0.361. The molecule has 5 rings (SSSR count). The van der Waals surface area contributed by atoms with Crippen LogP contribution in [0, 0.1) is 17.3 Å². The largest absolute Gasteiger partial charge is 0.462 e. The molecule has 0 amide bonds. The first-order valence-electron chi connectivity index (χ1n) is 14.2. The Hall–Kier alpha value is -3.79. The zero-order valence-electron chi connectivity index (χ0n) is 24.7. The second kappa shape index (κ2) is 10.8. The topological polar surface area (TPSA) is 127 Å². The number of esters is 4. The van der Waals surface area contributed by atoms with Gasteiger partial charge in [-0.25, -0.2) is 9.59 Å². The van der Waals surface area contributed by atoms with Crippen LogP contribution in [0.2, 0.25) is 0 Å². The van der Waals surface area contributed by atoms with Crippen molar-refractivity contribution in [3.8, 4) is 0 Å². The molecular weight excluding hydrogens is 542 g/mol. The summed E-state index contributed by atoms with van der Waals surface area (Å²) in [5.74, 6) is -3.35. The summed E-state index contributed by atoms with van der Waals surface area (Å²) < 4.78 is 31.5. The summed E-state index contributed by atoms with van der Waals surface area (Å²) in [5.41, 5.74) is -3.04. The molecule has 0 radical (unpaired) electrons. The number of aromatic nitrogens is 1. The van der Waals surface area contributed by atoms with E-state index in [2.05, 4.69) is 4.98 Å². The number of pyridine rings is 1. The summed E-state index contributed by atoms with van der Waals surface area (Å²) in [5, 5.41) is 0. The van der Waals surface area contributed by atoms with Gasteiger partial charge in [-0.3, -0.25) is 14.6 Å². The van der Waals surface area contributed by atoms with Crippen LogP contribution in [-0.2, 0) is 33.3 Å². The smallest absolute Gasteiger partial charge is 0.340 e. The standard InChI is InChI=1S/C32H37NO9/c1-18-14-15-23(38-19(2)34)31(6)27(41-28(36)21-11-8-7-9-12-21)25(39-20(3)35)24-26(32(18,31)42-30(24,4)5)40-29(37)22-13-10-16-33-17-22/h7-13,16-18,23-27H,14-15H2,1-6H3. The normalized spacial score (nSPS) is 34.4. The Kier molecular flexibility index (Phi) is 7.64. The molecule has 1 aromatic heterocycles. The Morgan fingerprint density at radius 2 is 1.43 bits per heavy atom. The van der Waals surface area contributed by atoms with Crippen molar-refractivity contribution in [3.05, 3.63) is 66.0 Å². The summed E-state index contributed by atoms with van der Waals surface area (Å²) in [6.07, 6.45) is 0.00972. The Bertz CT molecular complexity index is 1360. The molecule has 8 atom stereocenters. The van der Waals surface area contributed by atoms with Gasteiger partial charge in [0, 0.05) is 26.2 Å². The highest BCUT2D eigenvalue weighted by Gasteiger charge is 2.82. The molecule has 10 heteroatoms. The van der Waals surface area contributed by atoms with E-state index in [1.54, 1.807) is 48.7 Å². The van der Waals surface area contributed by atoms with Crippen molar-refractivity contribution in [2.24, 2.45) is 17.3 Å². The van der Waals surface area contributed by atoms with Crippen LogP contribution >= 0.6 is 0 Å². The van der Waals surface area contributed by atoms with Gasteiger partial charge < -0.3 is 23.7 Å². The maximum absolute atomic E-state index is 13.6. The van der Waals surface area contributed by atoms with E-state index < -0.39 is 70.8 Å². The summed E-state index contributed by atoms with van der Waals surface area (Å²) in [6, 6.07) is 11.7. The third kappa shape index (κ3) is 4.65. The molecule has 1 aliphatic heterocycles. The SMILES string of the molecule is CC(=O)OC1C2C(OC(=O)c3cccnc3)C3(OC2(C)C)C(C)CCC(OC(C)=O)C3(C)C1OC(=O)c1ccccc1. The molecule has 2 aromatic rings. The van der Waals surface area contributed by atoms with Gasteiger partial charge in [0.05, 0.1) is 28.1 Å². The van der Waals surface area contributed by atoms with Gasteiger partial charge in [0.25, 0.3) is 0 Å². The van der Waals surface area contributed by atoms with Crippen LogP contribution in [0.1, 0.15) is 75.1 Å². The second-order valence-electron chi connectivity index (χ2n) is 12.2. The molecule has 2 heterocycles. The zero-order chi connectivity index (χ0) is 30.4. The van der Waals surface area contributed by atoms with E-state index in [1.165, 1.54) is 20.0 Å². The maximum atomic E-state index is 13.6. The highest BCUT2D eigenvalue weighted by Crippen LogP contribution is 2.68. The molecule has 2 bridgehead atoms. The van der Waals surface area contributed by atoms with Gasteiger partial charge in [0.1, 0.15) is 23.9 Å². The van der Waals surface area contributed by atoms with Gasteiger partial charge in [-0.05, 0) is 63.8 Å². The molecule has 224 valence electrons. The van der Waals surface area contributed by atoms with Crippen LogP contribution in [0.25, 0.3) is 0 Å². The number of carbonyl (C=O) groups is 4. The lowest BCUT2D eigenvalue weighted by Gasteiger charge is -2.62. The fourth-order valence-corrected chi connectivity index (χ4v) is 7.67. The second-order valence-corrected chi connectivity index (χ2v) is 12.2. The van der Waals surface area contributed by atoms with Crippen molar-refractivity contribution < 1.29 is 42.9 Å². The summed E-state index contributed by atoms with van der Waals surface area (Å²) in [4.78, 5) is 56.3. The number of hydrogen-bond donors (Lipinski definition) is 0. The number of rotatable bonds is 6. The van der Waals surface area contributed by atoms with Crippen LogP contribution in [-0.4, -0.2) is 64.5 Å². The minimum absolute atomic E-state index is 0.235. The highest BCUT2D eigenvalue weighted by molar-refractivity contribution is 5.90. The number of fused-ring (bicyclic) bond motifs is 1. The maximum Gasteiger partial charge on any atom is 0.340 e. The number of carbonyl (C=O) groups excluding carboxylic acids is 4. The molecule has 10 nitrogen and oxygen atoms in total. The molecule has 1 saturated heterocycles. The summed E-state index contributed by atoms with van der Waals surface area (Å²) in [6.45, 7) is 10.1. The Balaban J connectivity index is 1.71.